The molecule has 6 nitrogen and oxygen atoms in total. The van der Waals surface area contributed by atoms with Crippen LogP contribution in [0.3, 0.4) is 0 Å². The highest BCUT2D eigenvalue weighted by molar-refractivity contribution is 5.81. The fourth-order valence-corrected chi connectivity index (χ4v) is 2.98. The van der Waals surface area contributed by atoms with E-state index in [-0.39, 0.29) is 11.9 Å². The first kappa shape index (κ1) is 17.1. The van der Waals surface area contributed by atoms with E-state index >= 15 is 0 Å². The van der Waals surface area contributed by atoms with Crippen LogP contribution in [0.15, 0.2) is 24.3 Å². The largest absolute Gasteiger partial charge is 0.370 e. The second-order valence-electron chi connectivity index (χ2n) is 6.26. The molecule has 126 valence electrons. The molecule has 1 fully saturated rings. The van der Waals surface area contributed by atoms with Crippen LogP contribution in [0, 0.1) is 18.3 Å². The van der Waals surface area contributed by atoms with E-state index in [0.29, 0.717) is 19.0 Å². The van der Waals surface area contributed by atoms with Crippen LogP contribution >= 0.6 is 0 Å². The van der Waals surface area contributed by atoms with Gasteiger partial charge < -0.3 is 20.9 Å². The fraction of sp³-hybridized carbons (Fsp3) is 0.529. The molecule has 1 amide bonds. The van der Waals surface area contributed by atoms with Gasteiger partial charge in [0.1, 0.15) is 0 Å². The Labute approximate surface area is 138 Å². The zero-order valence-electron chi connectivity index (χ0n) is 14.0. The Bertz CT molecular complexity index is 552. The van der Waals surface area contributed by atoms with Crippen LogP contribution in [-0.2, 0) is 4.79 Å². The van der Waals surface area contributed by atoms with E-state index in [4.69, 9.17) is 11.1 Å². The second-order valence-corrected chi connectivity index (χ2v) is 6.26. The van der Waals surface area contributed by atoms with Crippen molar-refractivity contribution in [2.75, 3.05) is 38.1 Å². The van der Waals surface area contributed by atoms with Crippen molar-refractivity contribution in [2.24, 2.45) is 11.7 Å². The van der Waals surface area contributed by atoms with Gasteiger partial charge in [-0.1, -0.05) is 18.2 Å². The van der Waals surface area contributed by atoms with E-state index in [1.54, 1.807) is 0 Å². The Morgan fingerprint density at radius 1 is 1.39 bits per heavy atom. The highest BCUT2D eigenvalue weighted by Gasteiger charge is 2.20. The molecule has 1 heterocycles. The minimum atomic E-state index is 0.0461. The lowest BCUT2D eigenvalue weighted by atomic mass is 9.97. The standard InChI is InChI=1S/C17H27N5O/c1-13-5-3-4-6-15(13)21(2)12-16(23)20-11-14-7-9-22(10-8-14)17(18)19/h3-6,14H,7-12H2,1-2H3,(H3,18,19)(H,20,23). The third kappa shape index (κ3) is 4.87. The molecule has 0 atom stereocenters. The number of hydrogen-bond donors (Lipinski definition) is 3. The summed E-state index contributed by atoms with van der Waals surface area (Å²) < 4.78 is 0. The van der Waals surface area contributed by atoms with Crippen molar-refractivity contribution in [1.82, 2.24) is 10.2 Å². The molecule has 0 bridgehead atoms. The summed E-state index contributed by atoms with van der Waals surface area (Å²) in [4.78, 5) is 16.0. The maximum atomic E-state index is 12.1. The number of hydrogen-bond acceptors (Lipinski definition) is 3. The number of amides is 1. The number of carbonyl (C=O) groups is 1. The molecule has 1 saturated heterocycles. The summed E-state index contributed by atoms with van der Waals surface area (Å²) in [6.07, 6.45) is 1.93. The summed E-state index contributed by atoms with van der Waals surface area (Å²) in [5, 5.41) is 10.5. The van der Waals surface area contributed by atoms with Gasteiger partial charge in [-0.25, -0.2) is 0 Å². The zero-order chi connectivity index (χ0) is 16.8. The maximum Gasteiger partial charge on any atom is 0.239 e. The average Bonchev–Trinajstić information content (AvgIpc) is 2.53. The zero-order valence-corrected chi connectivity index (χ0v) is 14.0. The Morgan fingerprint density at radius 3 is 2.65 bits per heavy atom. The van der Waals surface area contributed by atoms with Gasteiger partial charge in [0.15, 0.2) is 5.96 Å². The van der Waals surface area contributed by atoms with Gasteiger partial charge in [-0.05, 0) is 37.3 Å². The monoisotopic (exact) mass is 317 g/mol. The van der Waals surface area contributed by atoms with E-state index in [1.807, 2.05) is 48.0 Å². The number of likely N-dealkylation sites (tertiary alicyclic amines) is 1. The van der Waals surface area contributed by atoms with Gasteiger partial charge in [-0.3, -0.25) is 10.2 Å². The number of nitrogens with one attached hydrogen (secondary N) is 2. The summed E-state index contributed by atoms with van der Waals surface area (Å²) in [6, 6.07) is 8.06. The van der Waals surface area contributed by atoms with Crippen LogP contribution in [-0.4, -0.2) is 50.0 Å². The van der Waals surface area contributed by atoms with Crippen molar-refractivity contribution >= 4 is 17.6 Å². The normalized spacial score (nSPS) is 15.3. The average molecular weight is 317 g/mol. The van der Waals surface area contributed by atoms with Crippen molar-refractivity contribution in [3.05, 3.63) is 29.8 Å². The number of rotatable bonds is 5. The van der Waals surface area contributed by atoms with Crippen LogP contribution < -0.4 is 16.0 Å². The third-order valence-corrected chi connectivity index (χ3v) is 4.45. The SMILES string of the molecule is Cc1ccccc1N(C)CC(=O)NCC1CCN(C(=N)N)CC1. The Kier molecular flexibility index (Phi) is 5.84. The lowest BCUT2D eigenvalue weighted by Gasteiger charge is -2.32. The Hall–Kier alpha value is -2.24. The second kappa shape index (κ2) is 7.85. The van der Waals surface area contributed by atoms with Crippen molar-refractivity contribution < 1.29 is 4.79 Å². The van der Waals surface area contributed by atoms with Crippen molar-refractivity contribution in [1.29, 1.82) is 5.41 Å². The minimum Gasteiger partial charge on any atom is -0.370 e. The first-order valence-corrected chi connectivity index (χ1v) is 8.10. The van der Waals surface area contributed by atoms with E-state index in [0.717, 1.165) is 31.6 Å². The van der Waals surface area contributed by atoms with Crippen molar-refractivity contribution in [2.45, 2.75) is 19.8 Å². The number of likely N-dealkylation sites (N-methyl/N-ethyl adjacent to an activating group) is 1. The van der Waals surface area contributed by atoms with Gasteiger partial charge in [-0.2, -0.15) is 0 Å². The molecule has 0 aliphatic carbocycles. The summed E-state index contributed by atoms with van der Waals surface area (Å²) in [6.45, 7) is 4.72. The quantitative estimate of drug-likeness (QED) is 0.562. The van der Waals surface area contributed by atoms with Crippen molar-refractivity contribution in [3.8, 4) is 0 Å². The molecular formula is C17H27N5O. The molecule has 0 spiro atoms. The van der Waals surface area contributed by atoms with Gasteiger partial charge >= 0.3 is 0 Å². The molecule has 2 rings (SSSR count). The summed E-state index contributed by atoms with van der Waals surface area (Å²) in [5.41, 5.74) is 7.74. The lowest BCUT2D eigenvalue weighted by Crippen LogP contribution is -2.45. The van der Waals surface area contributed by atoms with E-state index < -0.39 is 0 Å². The van der Waals surface area contributed by atoms with Gasteiger partial charge in [0.25, 0.3) is 0 Å². The van der Waals surface area contributed by atoms with Gasteiger partial charge in [0.05, 0.1) is 6.54 Å². The first-order valence-electron chi connectivity index (χ1n) is 8.10. The van der Waals surface area contributed by atoms with Crippen molar-refractivity contribution in [3.63, 3.8) is 0 Å². The van der Waals surface area contributed by atoms with Crippen LogP contribution in [0.1, 0.15) is 18.4 Å². The molecule has 0 saturated carbocycles. The highest BCUT2D eigenvalue weighted by atomic mass is 16.2. The molecule has 1 aromatic rings. The van der Waals surface area contributed by atoms with Crippen LogP contribution in [0.2, 0.25) is 0 Å². The van der Waals surface area contributed by atoms with E-state index in [2.05, 4.69) is 5.32 Å². The van der Waals surface area contributed by atoms with Gasteiger partial charge in [0.2, 0.25) is 5.91 Å². The smallest absolute Gasteiger partial charge is 0.239 e. The summed E-state index contributed by atoms with van der Waals surface area (Å²) in [5.74, 6) is 0.662. The van der Waals surface area contributed by atoms with E-state index in [9.17, 15) is 4.79 Å². The molecule has 1 aliphatic rings. The molecule has 0 unspecified atom stereocenters. The first-order chi connectivity index (χ1) is 11.0. The number of nitrogens with zero attached hydrogens (tertiary/aromatic N) is 2. The molecule has 23 heavy (non-hydrogen) atoms. The number of benzene rings is 1. The van der Waals surface area contributed by atoms with E-state index in [1.165, 1.54) is 5.56 Å². The third-order valence-electron chi connectivity index (χ3n) is 4.45. The lowest BCUT2D eigenvalue weighted by molar-refractivity contribution is -0.120. The van der Waals surface area contributed by atoms with Crippen LogP contribution in [0.25, 0.3) is 0 Å². The Morgan fingerprint density at radius 2 is 2.04 bits per heavy atom. The molecule has 4 N–H and O–H groups in total. The number of guanidine groups is 1. The number of piperidine rings is 1. The molecular weight excluding hydrogens is 290 g/mol. The highest BCUT2D eigenvalue weighted by Crippen LogP contribution is 2.18. The predicted octanol–water partition coefficient (Wildman–Crippen LogP) is 1.15. The topological polar surface area (TPSA) is 85.5 Å². The molecule has 0 aromatic heterocycles. The predicted molar refractivity (Wildman–Crippen MR) is 93.7 cm³/mol. The number of carbonyl (C=O) groups excluding carboxylic acids is 1. The fourth-order valence-electron chi connectivity index (χ4n) is 2.98. The Balaban J connectivity index is 1.73. The molecule has 6 heteroatoms. The van der Waals surface area contributed by atoms with Crippen LogP contribution in [0.4, 0.5) is 5.69 Å². The molecule has 1 aliphatic heterocycles. The number of para-hydroxylation sites is 1. The summed E-state index contributed by atoms with van der Waals surface area (Å²) in [7, 11) is 1.94. The number of aryl methyl sites for hydroxylation is 1. The summed E-state index contributed by atoms with van der Waals surface area (Å²) >= 11 is 0. The van der Waals surface area contributed by atoms with Crippen LogP contribution in [0.5, 0.6) is 0 Å². The molecule has 1 aromatic carbocycles. The minimum absolute atomic E-state index is 0.0461. The number of nitrogens with two attached hydrogens (primary N) is 1. The molecule has 0 radical (unpaired) electrons. The van der Waals surface area contributed by atoms with Gasteiger partial charge in [-0.15, -0.1) is 0 Å². The van der Waals surface area contributed by atoms with Gasteiger partial charge in [0, 0.05) is 32.4 Å². The number of anilines is 1. The maximum absolute atomic E-state index is 12.1.